The minimum absolute atomic E-state index is 0.140. The molecule has 0 fully saturated rings. The summed E-state index contributed by atoms with van der Waals surface area (Å²) in [5, 5.41) is 0. The molecule has 170 valence electrons. The Morgan fingerprint density at radius 3 is 2.41 bits per heavy atom. The number of fused-ring (bicyclic) bond motifs is 1. The maximum absolute atomic E-state index is 12.4. The molecule has 0 aliphatic carbocycles. The van der Waals surface area contributed by atoms with E-state index in [9.17, 15) is 8.78 Å². The van der Waals surface area contributed by atoms with Crippen LogP contribution in [0.2, 0.25) is 0 Å². The van der Waals surface area contributed by atoms with Crippen molar-refractivity contribution < 1.29 is 13.5 Å². The van der Waals surface area contributed by atoms with Crippen LogP contribution in [0.4, 0.5) is 14.6 Å². The van der Waals surface area contributed by atoms with Crippen LogP contribution >= 0.6 is 11.6 Å². The van der Waals surface area contributed by atoms with Crippen LogP contribution in [-0.2, 0) is 5.88 Å². The zero-order valence-corrected chi connectivity index (χ0v) is 18.2. The number of nitrogen functional groups attached to an aromatic ring is 1. The number of nitrogens with two attached hydrogens (primary N) is 1. The van der Waals surface area contributed by atoms with E-state index in [0.717, 1.165) is 11.3 Å². The van der Waals surface area contributed by atoms with Crippen LogP contribution in [0.5, 0.6) is 5.75 Å². The van der Waals surface area contributed by atoms with Gasteiger partial charge in [-0.3, -0.25) is 4.57 Å². The molecule has 0 spiro atoms. The molecule has 0 radical (unpaired) electrons. The highest BCUT2D eigenvalue weighted by molar-refractivity contribution is 6.17. The van der Waals surface area contributed by atoms with Gasteiger partial charge in [0.15, 0.2) is 23.0 Å². The lowest BCUT2D eigenvalue weighted by molar-refractivity contribution is -0.0503. The smallest absolute Gasteiger partial charge is 0.387 e. The molecule has 4 heterocycles. The molecule has 0 atom stereocenters. The Labute approximate surface area is 197 Å². The summed E-state index contributed by atoms with van der Waals surface area (Å²) in [5.74, 6) is 1.38. The molecule has 0 aliphatic heterocycles. The Morgan fingerprint density at radius 2 is 1.74 bits per heavy atom. The molecular formula is C23H16ClF2N7O. The van der Waals surface area contributed by atoms with Crippen molar-refractivity contribution in [2.24, 2.45) is 0 Å². The zero-order valence-electron chi connectivity index (χ0n) is 17.4. The van der Waals surface area contributed by atoms with Gasteiger partial charge in [0.05, 0.1) is 18.0 Å². The summed E-state index contributed by atoms with van der Waals surface area (Å²) in [6, 6.07) is 14.8. The summed E-state index contributed by atoms with van der Waals surface area (Å²) < 4.78 is 31.0. The fraction of sp³-hybridized carbons (Fsp3) is 0.0870. The minimum Gasteiger partial charge on any atom is -0.432 e. The lowest BCUT2D eigenvalue weighted by Crippen LogP contribution is -2.04. The Balaban J connectivity index is 1.68. The van der Waals surface area contributed by atoms with E-state index in [1.54, 1.807) is 24.4 Å². The number of imidazole rings is 1. The van der Waals surface area contributed by atoms with Crippen LogP contribution in [0.25, 0.3) is 39.8 Å². The van der Waals surface area contributed by atoms with Gasteiger partial charge in [-0.15, -0.1) is 11.6 Å². The normalized spacial score (nSPS) is 11.3. The average Bonchev–Trinajstić information content (AvgIpc) is 3.23. The molecule has 0 unspecified atom stereocenters. The van der Waals surface area contributed by atoms with Gasteiger partial charge in [-0.2, -0.15) is 8.78 Å². The van der Waals surface area contributed by atoms with E-state index in [2.05, 4.69) is 19.7 Å². The molecule has 0 bridgehead atoms. The third-order valence-corrected chi connectivity index (χ3v) is 5.32. The van der Waals surface area contributed by atoms with Crippen molar-refractivity contribution in [3.05, 3.63) is 72.7 Å². The molecule has 1 aromatic carbocycles. The van der Waals surface area contributed by atoms with Crippen LogP contribution in [0.15, 0.2) is 67.1 Å². The van der Waals surface area contributed by atoms with Crippen LogP contribution in [0.1, 0.15) is 5.56 Å². The van der Waals surface area contributed by atoms with Crippen molar-refractivity contribution in [2.45, 2.75) is 12.5 Å². The van der Waals surface area contributed by atoms with E-state index in [-0.39, 0.29) is 11.6 Å². The van der Waals surface area contributed by atoms with Gasteiger partial charge in [0.2, 0.25) is 0 Å². The monoisotopic (exact) mass is 479 g/mol. The average molecular weight is 480 g/mol. The van der Waals surface area contributed by atoms with Crippen molar-refractivity contribution in [2.75, 3.05) is 5.73 Å². The quantitative estimate of drug-likeness (QED) is 0.347. The third-order valence-electron chi connectivity index (χ3n) is 5.02. The molecule has 5 aromatic rings. The fourth-order valence-electron chi connectivity index (χ4n) is 3.46. The van der Waals surface area contributed by atoms with Gasteiger partial charge < -0.3 is 10.5 Å². The summed E-state index contributed by atoms with van der Waals surface area (Å²) in [4.78, 5) is 21.9. The number of nitrogens with zero attached hydrogens (tertiary/aromatic N) is 6. The van der Waals surface area contributed by atoms with E-state index in [1.165, 1.54) is 12.4 Å². The molecule has 5 rings (SSSR count). The fourth-order valence-corrected chi connectivity index (χ4v) is 3.64. The van der Waals surface area contributed by atoms with Gasteiger partial charge >= 0.3 is 6.61 Å². The molecule has 4 aromatic heterocycles. The van der Waals surface area contributed by atoms with Gasteiger partial charge in [-0.25, -0.2) is 24.9 Å². The summed E-state index contributed by atoms with van der Waals surface area (Å²) in [7, 11) is 0. The Morgan fingerprint density at radius 1 is 0.971 bits per heavy atom. The third kappa shape index (κ3) is 4.11. The summed E-state index contributed by atoms with van der Waals surface area (Å²) in [6.45, 7) is -2.96. The highest BCUT2D eigenvalue weighted by Crippen LogP contribution is 2.31. The van der Waals surface area contributed by atoms with Crippen molar-refractivity contribution in [3.63, 3.8) is 0 Å². The molecule has 11 heteroatoms. The largest absolute Gasteiger partial charge is 0.432 e. The number of ether oxygens (including phenoxy) is 1. The molecule has 0 amide bonds. The molecule has 34 heavy (non-hydrogen) atoms. The Hall–Kier alpha value is -4.18. The van der Waals surface area contributed by atoms with E-state index in [1.807, 2.05) is 34.9 Å². The Bertz CT molecular complexity index is 1460. The lowest BCUT2D eigenvalue weighted by atomic mass is 10.2. The number of hydrogen-bond donors (Lipinski definition) is 1. The van der Waals surface area contributed by atoms with E-state index < -0.39 is 6.61 Å². The number of pyridine rings is 2. The van der Waals surface area contributed by atoms with Crippen molar-refractivity contribution in [1.82, 2.24) is 29.5 Å². The van der Waals surface area contributed by atoms with Crippen LogP contribution in [-0.4, -0.2) is 36.1 Å². The van der Waals surface area contributed by atoms with Gasteiger partial charge in [-0.05, 0) is 42.0 Å². The molecule has 0 saturated heterocycles. The number of halogens is 3. The van der Waals surface area contributed by atoms with E-state index in [4.69, 9.17) is 27.3 Å². The number of benzene rings is 1. The molecule has 2 N–H and O–H groups in total. The van der Waals surface area contributed by atoms with E-state index in [0.29, 0.717) is 39.9 Å². The molecule has 8 nitrogen and oxygen atoms in total. The van der Waals surface area contributed by atoms with Crippen LogP contribution in [0, 0.1) is 0 Å². The second-order valence-corrected chi connectivity index (χ2v) is 7.43. The first kappa shape index (κ1) is 21.7. The summed E-state index contributed by atoms with van der Waals surface area (Å²) in [6.07, 6.45) is 3.95. The molecule has 0 saturated carbocycles. The Kier molecular flexibility index (Phi) is 5.72. The molecule has 0 aliphatic rings. The highest BCUT2D eigenvalue weighted by Gasteiger charge is 2.19. The van der Waals surface area contributed by atoms with Gasteiger partial charge in [0.25, 0.3) is 0 Å². The van der Waals surface area contributed by atoms with Gasteiger partial charge in [-0.1, -0.05) is 12.1 Å². The predicted octanol–water partition coefficient (Wildman–Crippen LogP) is 4.86. The van der Waals surface area contributed by atoms with Crippen molar-refractivity contribution in [1.29, 1.82) is 0 Å². The second-order valence-electron chi connectivity index (χ2n) is 7.17. The van der Waals surface area contributed by atoms with Crippen molar-refractivity contribution >= 4 is 28.6 Å². The van der Waals surface area contributed by atoms with E-state index >= 15 is 0 Å². The van der Waals surface area contributed by atoms with Crippen LogP contribution in [0.3, 0.4) is 0 Å². The first-order valence-electron chi connectivity index (χ1n) is 10.1. The number of rotatable bonds is 6. The summed E-state index contributed by atoms with van der Waals surface area (Å²) in [5.41, 5.74) is 10.1. The second kappa shape index (κ2) is 8.99. The topological polar surface area (TPSA) is 105 Å². The SMILES string of the molecule is Nc1ncccc1-c1nc2ccc(-c3ncc(OC(F)F)cn3)nc2n1-c1ccc(CCl)cc1. The number of hydrogen-bond acceptors (Lipinski definition) is 7. The predicted molar refractivity (Wildman–Crippen MR) is 124 cm³/mol. The first-order chi connectivity index (χ1) is 16.5. The summed E-state index contributed by atoms with van der Waals surface area (Å²) >= 11 is 5.95. The lowest BCUT2D eigenvalue weighted by Gasteiger charge is -2.11. The minimum atomic E-state index is -2.96. The molecular weight excluding hydrogens is 464 g/mol. The van der Waals surface area contributed by atoms with Crippen molar-refractivity contribution in [3.8, 4) is 34.3 Å². The number of anilines is 1. The maximum Gasteiger partial charge on any atom is 0.387 e. The van der Waals surface area contributed by atoms with Gasteiger partial charge in [0, 0.05) is 17.8 Å². The highest BCUT2D eigenvalue weighted by atomic mass is 35.5. The van der Waals surface area contributed by atoms with Gasteiger partial charge in [0.1, 0.15) is 17.0 Å². The maximum atomic E-state index is 12.4. The first-order valence-corrected chi connectivity index (χ1v) is 10.6. The zero-order chi connectivity index (χ0) is 23.7. The standard InChI is InChI=1S/C23H16ClF2N7O/c24-10-13-3-5-14(6-4-13)33-21(16-2-1-9-28-19(16)27)32-18-8-7-17(31-22(18)33)20-29-11-15(12-30-20)34-23(25)26/h1-9,11-12,23H,10H2,(H2,27,28). The number of alkyl halides is 3. The number of aromatic nitrogens is 6. The van der Waals surface area contributed by atoms with Crippen LogP contribution < -0.4 is 10.5 Å².